The van der Waals surface area contributed by atoms with E-state index in [1.807, 2.05) is 24.3 Å². The van der Waals surface area contributed by atoms with Gasteiger partial charge in [0.2, 0.25) is 5.56 Å². The molecule has 2 aromatic rings. The van der Waals surface area contributed by atoms with E-state index < -0.39 is 0 Å². The average molecular weight is 216 g/mol. The van der Waals surface area contributed by atoms with Gasteiger partial charge in [-0.3, -0.25) is 4.79 Å². The number of benzene rings is 1. The molecular weight excluding hydrogens is 208 g/mol. The van der Waals surface area contributed by atoms with Crippen LogP contribution in [0.1, 0.15) is 0 Å². The van der Waals surface area contributed by atoms with E-state index >= 15 is 0 Å². The number of hydrogen-bond donors (Lipinski definition) is 2. The highest BCUT2D eigenvalue weighted by Gasteiger charge is 2.14. The van der Waals surface area contributed by atoms with E-state index in [2.05, 4.69) is 16.4 Å². The smallest absolute Gasteiger partial charge is 0.249 e. The van der Waals surface area contributed by atoms with Crippen LogP contribution in [0, 0.1) is 0 Å². The van der Waals surface area contributed by atoms with Crippen molar-refractivity contribution in [1.29, 1.82) is 0 Å². The fourth-order valence-electron chi connectivity index (χ4n) is 1.55. The van der Waals surface area contributed by atoms with Crippen LogP contribution in [0.2, 0.25) is 0 Å². The van der Waals surface area contributed by atoms with Crippen molar-refractivity contribution in [1.82, 2.24) is 4.98 Å². The fraction of sp³-hybridized carbons (Fsp3) is 0. The minimum atomic E-state index is -0.0822. The van der Waals surface area contributed by atoms with Gasteiger partial charge in [0, 0.05) is 11.0 Å². The molecule has 3 rings (SSSR count). The summed E-state index contributed by atoms with van der Waals surface area (Å²) in [6.45, 7) is 0. The molecule has 15 heavy (non-hydrogen) atoms. The van der Waals surface area contributed by atoms with Crippen LogP contribution in [0.15, 0.2) is 51.0 Å². The second-order valence-corrected chi connectivity index (χ2v) is 4.37. The van der Waals surface area contributed by atoms with Gasteiger partial charge in [0.15, 0.2) is 0 Å². The average Bonchev–Trinajstić information content (AvgIpc) is 2.26. The second kappa shape index (κ2) is 3.17. The summed E-state index contributed by atoms with van der Waals surface area (Å²) in [7, 11) is 0. The molecule has 0 saturated carbocycles. The van der Waals surface area contributed by atoms with Gasteiger partial charge < -0.3 is 10.3 Å². The van der Waals surface area contributed by atoms with Gasteiger partial charge in [0.25, 0.3) is 0 Å². The summed E-state index contributed by atoms with van der Waals surface area (Å²) < 4.78 is 0. The molecule has 1 aliphatic rings. The van der Waals surface area contributed by atoms with Crippen LogP contribution in [0.25, 0.3) is 0 Å². The minimum absolute atomic E-state index is 0.0822. The Bertz CT molecular complexity index is 577. The number of fused-ring (bicyclic) bond motifs is 2. The second-order valence-electron chi connectivity index (χ2n) is 3.29. The number of rotatable bonds is 0. The van der Waals surface area contributed by atoms with E-state index in [0.29, 0.717) is 0 Å². The number of aromatic amines is 1. The molecule has 4 heteroatoms. The van der Waals surface area contributed by atoms with Crippen LogP contribution < -0.4 is 10.9 Å². The zero-order chi connectivity index (χ0) is 10.3. The van der Waals surface area contributed by atoms with E-state index in [4.69, 9.17) is 0 Å². The van der Waals surface area contributed by atoms with Crippen molar-refractivity contribution in [3.63, 3.8) is 0 Å². The van der Waals surface area contributed by atoms with Gasteiger partial charge in [-0.1, -0.05) is 23.9 Å². The predicted octanol–water partition coefficient (Wildman–Crippen LogP) is 2.58. The lowest BCUT2D eigenvalue weighted by atomic mass is 10.3. The lowest BCUT2D eigenvalue weighted by Gasteiger charge is -2.19. The first-order chi connectivity index (χ1) is 7.33. The number of para-hydroxylation sites is 1. The summed E-state index contributed by atoms with van der Waals surface area (Å²) in [5.41, 5.74) is 0.957. The van der Waals surface area contributed by atoms with Crippen molar-refractivity contribution in [2.24, 2.45) is 0 Å². The number of hydrogen-bond acceptors (Lipinski definition) is 3. The van der Waals surface area contributed by atoms with Crippen LogP contribution in [-0.4, -0.2) is 4.98 Å². The van der Waals surface area contributed by atoms with Gasteiger partial charge in [-0.25, -0.2) is 0 Å². The Balaban J connectivity index is 2.15. The molecule has 0 amide bonds. The zero-order valence-corrected chi connectivity index (χ0v) is 8.60. The molecule has 0 bridgehead atoms. The Labute approximate surface area is 90.5 Å². The molecule has 1 aromatic heterocycles. The maximum atomic E-state index is 11.1. The summed E-state index contributed by atoms with van der Waals surface area (Å²) in [6.07, 6.45) is 0. The number of pyridine rings is 1. The molecule has 74 valence electrons. The van der Waals surface area contributed by atoms with Crippen molar-refractivity contribution < 1.29 is 0 Å². The maximum absolute atomic E-state index is 11.1. The van der Waals surface area contributed by atoms with Crippen LogP contribution in [-0.2, 0) is 0 Å². The van der Waals surface area contributed by atoms with E-state index in [0.717, 1.165) is 16.4 Å². The minimum Gasteiger partial charge on any atom is -0.340 e. The van der Waals surface area contributed by atoms with Gasteiger partial charge >= 0.3 is 0 Å². The summed E-state index contributed by atoms with van der Waals surface area (Å²) in [5.74, 6) is 0.784. The molecular formula is C11H8N2OS. The summed E-state index contributed by atoms with van der Waals surface area (Å²) in [6, 6.07) is 11.4. The van der Waals surface area contributed by atoms with Crippen LogP contribution in [0.4, 0.5) is 11.5 Å². The number of nitrogens with one attached hydrogen (secondary N) is 2. The zero-order valence-electron chi connectivity index (χ0n) is 7.78. The molecule has 0 unspecified atom stereocenters. The topological polar surface area (TPSA) is 44.9 Å². The quantitative estimate of drug-likeness (QED) is 0.607. The van der Waals surface area contributed by atoms with Crippen molar-refractivity contribution in [2.45, 2.75) is 9.79 Å². The highest BCUT2D eigenvalue weighted by atomic mass is 32.2. The number of aromatic nitrogens is 1. The lowest BCUT2D eigenvalue weighted by molar-refractivity contribution is 1.15. The fourth-order valence-corrected chi connectivity index (χ4v) is 2.50. The van der Waals surface area contributed by atoms with E-state index in [9.17, 15) is 4.79 Å². The van der Waals surface area contributed by atoms with Crippen molar-refractivity contribution >= 4 is 23.3 Å². The summed E-state index contributed by atoms with van der Waals surface area (Å²) >= 11 is 1.66. The Morgan fingerprint density at radius 3 is 2.80 bits per heavy atom. The molecule has 0 atom stereocenters. The van der Waals surface area contributed by atoms with E-state index in [1.54, 1.807) is 17.8 Å². The van der Waals surface area contributed by atoms with E-state index in [-0.39, 0.29) is 5.56 Å². The van der Waals surface area contributed by atoms with Gasteiger partial charge in [-0.2, -0.15) is 0 Å². The third-order valence-electron chi connectivity index (χ3n) is 2.25. The predicted molar refractivity (Wildman–Crippen MR) is 60.9 cm³/mol. The molecule has 0 fully saturated rings. The first-order valence-electron chi connectivity index (χ1n) is 4.60. The molecule has 2 N–H and O–H groups in total. The highest BCUT2D eigenvalue weighted by molar-refractivity contribution is 7.99. The summed E-state index contributed by atoms with van der Waals surface area (Å²) in [5, 5.41) is 3.20. The number of anilines is 2. The molecule has 0 spiro atoms. The lowest BCUT2D eigenvalue weighted by Crippen LogP contribution is -2.10. The number of H-pyrrole nitrogens is 1. The molecule has 0 aliphatic carbocycles. The first kappa shape index (κ1) is 8.61. The Morgan fingerprint density at radius 2 is 1.87 bits per heavy atom. The van der Waals surface area contributed by atoms with Crippen LogP contribution in [0.5, 0.6) is 0 Å². The normalized spacial score (nSPS) is 12.5. The largest absolute Gasteiger partial charge is 0.340 e. The van der Waals surface area contributed by atoms with Gasteiger partial charge in [-0.15, -0.1) is 0 Å². The summed E-state index contributed by atoms with van der Waals surface area (Å²) in [4.78, 5) is 16.2. The standard InChI is InChI=1S/C11H8N2OS/c14-10-6-5-9-11(13-10)12-7-3-1-2-4-8(7)15-9/h1-6H,(H2,12,13,14). The molecule has 3 nitrogen and oxygen atoms in total. The Hall–Kier alpha value is -1.68. The molecule has 2 heterocycles. The first-order valence-corrected chi connectivity index (χ1v) is 5.42. The SMILES string of the molecule is O=c1ccc2c([nH]1)Nc1ccccc1S2. The maximum Gasteiger partial charge on any atom is 0.249 e. The monoisotopic (exact) mass is 216 g/mol. The molecule has 0 radical (unpaired) electrons. The van der Waals surface area contributed by atoms with Gasteiger partial charge in [0.05, 0.1) is 10.6 Å². The molecule has 1 aromatic carbocycles. The molecule has 1 aliphatic heterocycles. The third kappa shape index (κ3) is 1.43. The van der Waals surface area contributed by atoms with E-state index in [1.165, 1.54) is 4.90 Å². The van der Waals surface area contributed by atoms with Gasteiger partial charge in [-0.05, 0) is 18.2 Å². The highest BCUT2D eigenvalue weighted by Crippen LogP contribution is 2.41. The van der Waals surface area contributed by atoms with Crippen molar-refractivity contribution in [3.8, 4) is 0 Å². The Kier molecular flexibility index (Phi) is 1.82. The Morgan fingerprint density at radius 1 is 1.00 bits per heavy atom. The third-order valence-corrected chi connectivity index (χ3v) is 3.38. The molecule has 0 saturated heterocycles. The van der Waals surface area contributed by atoms with Gasteiger partial charge in [0.1, 0.15) is 5.82 Å². The van der Waals surface area contributed by atoms with Crippen LogP contribution in [0.3, 0.4) is 0 Å². The van der Waals surface area contributed by atoms with Crippen molar-refractivity contribution in [2.75, 3.05) is 5.32 Å². The van der Waals surface area contributed by atoms with Crippen molar-refractivity contribution in [3.05, 3.63) is 46.8 Å². The van der Waals surface area contributed by atoms with Crippen LogP contribution >= 0.6 is 11.8 Å².